The van der Waals surface area contributed by atoms with E-state index in [-0.39, 0.29) is 66.9 Å². The summed E-state index contributed by atoms with van der Waals surface area (Å²) in [6, 6.07) is 14.2. The number of H-pyrrole nitrogens is 1. The van der Waals surface area contributed by atoms with E-state index in [2.05, 4.69) is 26.3 Å². The number of halogens is 3. The molecule has 45 heavy (non-hydrogen) atoms. The van der Waals surface area contributed by atoms with Gasteiger partial charge in [-0.2, -0.15) is 22.7 Å². The van der Waals surface area contributed by atoms with Crippen molar-refractivity contribution < 1.29 is 27.8 Å². The highest BCUT2D eigenvalue weighted by atomic mass is 32.2. The van der Waals surface area contributed by atoms with E-state index in [9.17, 15) is 36.4 Å². The number of fused-ring (bicyclic) bond motifs is 1. The number of hydrogen-bond donors (Lipinski definition) is 1. The van der Waals surface area contributed by atoms with Crippen LogP contribution in [0.15, 0.2) is 85.7 Å². The number of nitriles is 1. The fraction of sp³-hybridized carbons (Fsp3) is 0.333. The summed E-state index contributed by atoms with van der Waals surface area (Å²) in [5.74, 6) is -0.482. The van der Waals surface area contributed by atoms with Crippen LogP contribution in [0.25, 0.3) is 0 Å². The third-order valence-corrected chi connectivity index (χ3v) is 9.66. The van der Waals surface area contributed by atoms with Gasteiger partial charge in [0.15, 0.2) is 5.84 Å². The van der Waals surface area contributed by atoms with Gasteiger partial charge in [-0.25, -0.2) is 13.4 Å². The highest BCUT2D eigenvalue weighted by Crippen LogP contribution is 2.45. The average molecular weight is 641 g/mol. The molecule has 0 bridgehead atoms. The van der Waals surface area contributed by atoms with Crippen LogP contribution in [0.4, 0.5) is 18.9 Å². The van der Waals surface area contributed by atoms with Gasteiger partial charge in [0, 0.05) is 45.1 Å². The number of aromatic nitrogens is 1. The van der Waals surface area contributed by atoms with Crippen LogP contribution in [0, 0.1) is 11.3 Å². The Morgan fingerprint density at radius 3 is 2.53 bits per heavy atom. The van der Waals surface area contributed by atoms with Crippen LogP contribution < -0.4 is 5.56 Å². The van der Waals surface area contributed by atoms with E-state index in [1.54, 1.807) is 18.2 Å². The summed E-state index contributed by atoms with van der Waals surface area (Å²) in [6.45, 7) is -0.297. The van der Waals surface area contributed by atoms with Crippen LogP contribution in [0.1, 0.15) is 42.9 Å². The summed E-state index contributed by atoms with van der Waals surface area (Å²) in [7, 11) is -2.55. The van der Waals surface area contributed by atoms with Crippen molar-refractivity contribution in [3.63, 3.8) is 0 Å². The predicted octanol–water partition coefficient (Wildman–Crippen LogP) is 4.53. The number of pyridine rings is 1. The number of hydrogen-bond acceptors (Lipinski definition) is 7. The lowest BCUT2D eigenvalue weighted by Gasteiger charge is -2.41. The van der Waals surface area contributed by atoms with E-state index in [0.717, 1.165) is 16.4 Å². The van der Waals surface area contributed by atoms with Crippen LogP contribution in [0.2, 0.25) is 0 Å². The number of likely N-dealkylation sites (tertiary alicyclic amines) is 1. The van der Waals surface area contributed by atoms with Crippen molar-refractivity contribution >= 4 is 27.5 Å². The number of azo groups is 1. The van der Waals surface area contributed by atoms with Gasteiger partial charge >= 0.3 is 6.18 Å². The van der Waals surface area contributed by atoms with Gasteiger partial charge in [-0.15, -0.1) is 10.2 Å². The maximum Gasteiger partial charge on any atom is 0.416 e. The van der Waals surface area contributed by atoms with Crippen molar-refractivity contribution in [3.05, 3.63) is 93.4 Å². The first-order chi connectivity index (χ1) is 21.8. The molecular weight excluding hydrogens is 611 g/mol. The molecule has 0 radical (unpaired) electrons. The lowest BCUT2D eigenvalue weighted by atomic mass is 9.70. The number of rotatable bonds is 8. The maximum absolute atomic E-state index is 13.1. The van der Waals surface area contributed by atoms with E-state index < -0.39 is 39.1 Å². The fourth-order valence-electron chi connectivity index (χ4n) is 5.26. The molecule has 234 valence electrons. The Morgan fingerprint density at radius 1 is 1.18 bits per heavy atom. The van der Waals surface area contributed by atoms with Gasteiger partial charge in [-0.1, -0.05) is 30.3 Å². The molecule has 0 saturated carbocycles. The van der Waals surface area contributed by atoms with E-state index in [1.807, 2.05) is 0 Å². The van der Waals surface area contributed by atoms with E-state index >= 15 is 0 Å². The summed E-state index contributed by atoms with van der Waals surface area (Å²) >= 11 is 0. The molecule has 3 heterocycles. The molecule has 15 heteroatoms. The van der Waals surface area contributed by atoms with Gasteiger partial charge in [0.1, 0.15) is 17.9 Å². The van der Waals surface area contributed by atoms with E-state index in [4.69, 9.17) is 1.37 Å². The number of alkyl halides is 3. The van der Waals surface area contributed by atoms with Crippen LogP contribution in [0.3, 0.4) is 0 Å². The summed E-state index contributed by atoms with van der Waals surface area (Å²) in [5, 5.41) is 18.0. The normalized spacial score (nSPS) is 21.1. The molecule has 2 unspecified atom stereocenters. The first-order valence-corrected chi connectivity index (χ1v) is 15.2. The van der Waals surface area contributed by atoms with Gasteiger partial charge in [-0.05, 0) is 42.6 Å². The summed E-state index contributed by atoms with van der Waals surface area (Å²) < 4.78 is 74.6. The zero-order chi connectivity index (χ0) is 33.3. The minimum absolute atomic E-state index is 0.0201. The lowest BCUT2D eigenvalue weighted by Crippen LogP contribution is -2.46. The van der Waals surface area contributed by atoms with Crippen LogP contribution in [0.5, 0.6) is 0 Å². The second-order valence-corrected chi connectivity index (χ2v) is 12.7. The molecule has 2 aromatic carbocycles. The van der Waals surface area contributed by atoms with Gasteiger partial charge in [-0.3, -0.25) is 9.59 Å². The van der Waals surface area contributed by atoms with Crippen molar-refractivity contribution in [1.29, 1.82) is 5.26 Å². The minimum atomic E-state index is -4.49. The molecule has 2 aliphatic rings. The SMILES string of the molecule is [2H]C1CN(C(=O)Cc2ccc(C(F)(F)F)cc2)CCC1(CC#N)c1c[nH]c(=O)c2c1N=NC2=NCN(C)S(=O)(=O)c1ccccc1. The van der Waals surface area contributed by atoms with Crippen LogP contribution in [-0.4, -0.2) is 61.2 Å². The molecule has 11 nitrogen and oxygen atoms in total. The molecule has 2 aliphatic heterocycles. The molecule has 1 saturated heterocycles. The highest BCUT2D eigenvalue weighted by molar-refractivity contribution is 7.89. The quantitative estimate of drug-likeness (QED) is 0.384. The molecule has 0 spiro atoms. The third kappa shape index (κ3) is 6.43. The Bertz CT molecular complexity index is 1910. The zero-order valence-corrected chi connectivity index (χ0v) is 24.8. The molecular formula is C30H28F3N7O4S. The summed E-state index contributed by atoms with van der Waals surface area (Å²) in [6.07, 6.45) is -4.29. The van der Waals surface area contributed by atoms with Gasteiger partial charge in [0.25, 0.3) is 5.56 Å². The number of amidine groups is 1. The molecule has 1 fully saturated rings. The number of benzene rings is 2. The Labute approximate surface area is 258 Å². The van der Waals surface area contributed by atoms with E-state index in [0.29, 0.717) is 11.1 Å². The van der Waals surface area contributed by atoms with E-state index in [1.165, 1.54) is 42.4 Å². The zero-order valence-electron chi connectivity index (χ0n) is 25.0. The highest BCUT2D eigenvalue weighted by Gasteiger charge is 2.41. The van der Waals surface area contributed by atoms with Crippen LogP contribution in [-0.2, 0) is 32.8 Å². The fourth-order valence-corrected chi connectivity index (χ4v) is 6.33. The second-order valence-electron chi connectivity index (χ2n) is 10.7. The number of sulfonamides is 1. The number of nitrogens with one attached hydrogen (secondary N) is 1. The number of aliphatic imine (C=N–C) groups is 1. The largest absolute Gasteiger partial charge is 0.416 e. The lowest BCUT2D eigenvalue weighted by molar-refractivity contribution is -0.137. The van der Waals surface area contributed by atoms with Crippen molar-refractivity contribution in [2.45, 2.75) is 42.1 Å². The Morgan fingerprint density at radius 2 is 1.89 bits per heavy atom. The smallest absolute Gasteiger partial charge is 0.342 e. The van der Waals surface area contributed by atoms with Gasteiger partial charge in [0.05, 0.1) is 22.9 Å². The van der Waals surface area contributed by atoms with Crippen LogP contribution >= 0.6 is 0 Å². The maximum atomic E-state index is 13.1. The third-order valence-electron chi connectivity index (χ3n) is 7.86. The van der Waals surface area contributed by atoms with Crippen molar-refractivity contribution in [3.8, 4) is 6.07 Å². The summed E-state index contributed by atoms with van der Waals surface area (Å²) in [4.78, 5) is 34.4. The Kier molecular flexibility index (Phi) is 8.34. The first kappa shape index (κ1) is 30.4. The second kappa shape index (κ2) is 12.4. The topological polar surface area (TPSA) is 151 Å². The number of nitrogens with zero attached hydrogens (tertiary/aromatic N) is 6. The Hall–Kier alpha value is -4.68. The number of amides is 1. The minimum Gasteiger partial charge on any atom is -0.342 e. The predicted molar refractivity (Wildman–Crippen MR) is 157 cm³/mol. The molecule has 1 amide bonds. The molecule has 0 aliphatic carbocycles. The monoisotopic (exact) mass is 640 g/mol. The van der Waals surface area contributed by atoms with Crippen molar-refractivity contribution in [2.75, 3.05) is 26.8 Å². The number of carbonyl (C=O) groups excluding carboxylic acids is 1. The van der Waals surface area contributed by atoms with Crippen molar-refractivity contribution in [2.24, 2.45) is 15.2 Å². The molecule has 3 aromatic rings. The summed E-state index contributed by atoms with van der Waals surface area (Å²) in [5.41, 5.74) is -1.71. The average Bonchev–Trinajstić information content (AvgIpc) is 3.46. The number of piperidine rings is 1. The van der Waals surface area contributed by atoms with Gasteiger partial charge < -0.3 is 9.88 Å². The van der Waals surface area contributed by atoms with Crippen molar-refractivity contribution in [1.82, 2.24) is 14.2 Å². The first-order valence-electron chi connectivity index (χ1n) is 14.3. The van der Waals surface area contributed by atoms with Gasteiger partial charge in [0.2, 0.25) is 15.9 Å². The molecule has 1 aromatic heterocycles. The molecule has 5 rings (SSSR count). The number of carbonyl (C=O) groups is 1. The molecule has 2 atom stereocenters. The number of aromatic amines is 1. The standard InChI is InChI=1S/C30H28F3N7O4S/c1-39(45(43,44)22-5-3-2-4-6-22)19-36-27-25-26(37-38-27)23(18-35-28(25)42)29(11-14-34)12-15-40(16-13-29)24(41)17-20-7-9-21(10-8-20)30(31,32)33/h2-10,18H,11-13,15-17,19H2,1H3,(H,35,42)/i12D. The molecule has 1 N–H and O–H groups in total. The Balaban J connectivity index is 1.37.